The first-order valence-corrected chi connectivity index (χ1v) is 8.07. The molecule has 0 aliphatic carbocycles. The van der Waals surface area contributed by atoms with Gasteiger partial charge in [0, 0.05) is 11.8 Å². The van der Waals surface area contributed by atoms with Gasteiger partial charge in [-0.05, 0) is 37.3 Å². The van der Waals surface area contributed by atoms with Crippen LogP contribution in [0.3, 0.4) is 0 Å². The maximum atomic E-state index is 11.1. The first kappa shape index (κ1) is 17.2. The van der Waals surface area contributed by atoms with Gasteiger partial charge in [-0.3, -0.25) is 0 Å². The van der Waals surface area contributed by atoms with E-state index in [1.54, 1.807) is 24.3 Å². The van der Waals surface area contributed by atoms with E-state index in [-0.39, 0.29) is 5.56 Å². The van der Waals surface area contributed by atoms with Gasteiger partial charge < -0.3 is 20.5 Å². The lowest BCUT2D eigenvalue weighted by molar-refractivity contribution is 0.0697. The maximum Gasteiger partial charge on any atom is 0.335 e. The van der Waals surface area contributed by atoms with Gasteiger partial charge in [-0.2, -0.15) is 0 Å². The van der Waals surface area contributed by atoms with E-state index in [0.717, 1.165) is 11.4 Å². The van der Waals surface area contributed by atoms with Crippen LogP contribution in [0.25, 0.3) is 0 Å². The van der Waals surface area contributed by atoms with Crippen molar-refractivity contribution < 1.29 is 14.6 Å². The number of anilines is 4. The molecule has 7 heteroatoms. The molecule has 0 aliphatic rings. The summed E-state index contributed by atoms with van der Waals surface area (Å²) >= 11 is 0. The number of nitrogens with zero attached hydrogens (tertiary/aromatic N) is 2. The molecule has 0 spiro atoms. The largest absolute Gasteiger partial charge is 0.492 e. The van der Waals surface area contributed by atoms with Crippen LogP contribution < -0.4 is 15.4 Å². The van der Waals surface area contributed by atoms with Crippen molar-refractivity contribution in [1.29, 1.82) is 0 Å². The number of aromatic carboxylic acids is 1. The summed E-state index contributed by atoms with van der Waals surface area (Å²) in [7, 11) is 0. The lowest BCUT2D eigenvalue weighted by atomic mass is 10.2. The average Bonchev–Trinajstić information content (AvgIpc) is 2.64. The lowest BCUT2D eigenvalue weighted by Crippen LogP contribution is -2.01. The molecule has 132 valence electrons. The minimum atomic E-state index is -0.980. The van der Waals surface area contributed by atoms with E-state index < -0.39 is 5.97 Å². The molecular weight excluding hydrogens is 332 g/mol. The number of para-hydroxylation sites is 2. The number of carbonyl (C=O) groups is 1. The van der Waals surface area contributed by atoms with E-state index in [4.69, 9.17) is 9.84 Å². The van der Waals surface area contributed by atoms with Crippen molar-refractivity contribution in [3.05, 3.63) is 66.5 Å². The normalized spacial score (nSPS) is 10.2. The zero-order valence-electron chi connectivity index (χ0n) is 14.1. The number of aromatic nitrogens is 2. The molecule has 2 aromatic carbocycles. The minimum absolute atomic E-state index is 0.202. The maximum absolute atomic E-state index is 11.1. The lowest BCUT2D eigenvalue weighted by Gasteiger charge is -2.12. The SMILES string of the molecule is CCOc1ccccc1Nc1cc(Nc2cccc(C(=O)O)c2)ncn1. The summed E-state index contributed by atoms with van der Waals surface area (Å²) in [5.41, 5.74) is 1.63. The third-order valence-electron chi connectivity index (χ3n) is 3.50. The zero-order chi connectivity index (χ0) is 18.4. The highest BCUT2D eigenvalue weighted by molar-refractivity contribution is 5.89. The second kappa shape index (κ2) is 7.98. The third kappa shape index (κ3) is 4.27. The summed E-state index contributed by atoms with van der Waals surface area (Å²) in [6.07, 6.45) is 1.43. The average molecular weight is 350 g/mol. The van der Waals surface area contributed by atoms with Crippen LogP contribution >= 0.6 is 0 Å². The molecule has 1 heterocycles. The Kier molecular flexibility index (Phi) is 5.28. The molecule has 7 nitrogen and oxygen atoms in total. The van der Waals surface area contributed by atoms with E-state index in [9.17, 15) is 4.79 Å². The highest BCUT2D eigenvalue weighted by Crippen LogP contribution is 2.27. The van der Waals surface area contributed by atoms with Gasteiger partial charge in [0.2, 0.25) is 0 Å². The van der Waals surface area contributed by atoms with Gasteiger partial charge in [-0.1, -0.05) is 18.2 Å². The van der Waals surface area contributed by atoms with Crippen molar-refractivity contribution in [1.82, 2.24) is 9.97 Å². The monoisotopic (exact) mass is 350 g/mol. The Labute approximate surface area is 150 Å². The van der Waals surface area contributed by atoms with Gasteiger partial charge in [-0.25, -0.2) is 14.8 Å². The fraction of sp³-hybridized carbons (Fsp3) is 0.105. The second-order valence-corrected chi connectivity index (χ2v) is 5.35. The van der Waals surface area contributed by atoms with Gasteiger partial charge >= 0.3 is 5.97 Å². The summed E-state index contributed by atoms with van der Waals surface area (Å²) in [6.45, 7) is 2.49. The Morgan fingerprint density at radius 3 is 2.58 bits per heavy atom. The quantitative estimate of drug-likeness (QED) is 0.591. The fourth-order valence-electron chi connectivity index (χ4n) is 2.36. The standard InChI is InChI=1S/C19H18N4O3/c1-2-26-16-9-4-3-8-15(16)23-18-11-17(20-12-21-18)22-14-7-5-6-13(10-14)19(24)25/h3-12H,2H2,1H3,(H,24,25)(H2,20,21,22,23). The second-order valence-electron chi connectivity index (χ2n) is 5.35. The van der Waals surface area contributed by atoms with Crippen LogP contribution in [-0.2, 0) is 0 Å². The highest BCUT2D eigenvalue weighted by atomic mass is 16.5. The molecule has 3 aromatic rings. The number of ether oxygens (including phenoxy) is 1. The Morgan fingerprint density at radius 2 is 1.81 bits per heavy atom. The third-order valence-corrected chi connectivity index (χ3v) is 3.50. The molecule has 0 radical (unpaired) electrons. The van der Waals surface area contributed by atoms with Crippen LogP contribution in [0.5, 0.6) is 5.75 Å². The van der Waals surface area contributed by atoms with Gasteiger partial charge in [0.1, 0.15) is 23.7 Å². The molecule has 3 N–H and O–H groups in total. The summed E-state index contributed by atoms with van der Waals surface area (Å²) < 4.78 is 5.59. The number of rotatable bonds is 7. The molecule has 0 atom stereocenters. The highest BCUT2D eigenvalue weighted by Gasteiger charge is 2.07. The number of nitrogens with one attached hydrogen (secondary N) is 2. The molecule has 0 saturated heterocycles. The van der Waals surface area contributed by atoms with Gasteiger partial charge in [0.05, 0.1) is 17.9 Å². The Bertz CT molecular complexity index is 915. The van der Waals surface area contributed by atoms with Crippen molar-refractivity contribution in [2.45, 2.75) is 6.92 Å². The van der Waals surface area contributed by atoms with Crippen molar-refractivity contribution in [3.8, 4) is 5.75 Å². The first-order valence-electron chi connectivity index (χ1n) is 8.07. The van der Waals surface area contributed by atoms with Crippen molar-refractivity contribution in [2.75, 3.05) is 17.2 Å². The summed E-state index contributed by atoms with van der Waals surface area (Å²) in [5, 5.41) is 15.4. The first-order chi connectivity index (χ1) is 12.7. The Balaban J connectivity index is 1.79. The van der Waals surface area contributed by atoms with Crippen LogP contribution in [0.1, 0.15) is 17.3 Å². The smallest absolute Gasteiger partial charge is 0.335 e. The molecule has 0 bridgehead atoms. The van der Waals surface area contributed by atoms with Crippen LogP contribution in [0.4, 0.5) is 23.0 Å². The molecule has 1 aromatic heterocycles. The molecule has 26 heavy (non-hydrogen) atoms. The predicted molar refractivity (Wildman–Crippen MR) is 99.6 cm³/mol. The molecule has 0 saturated carbocycles. The summed E-state index contributed by atoms with van der Waals surface area (Å²) in [5.74, 6) is 0.881. The van der Waals surface area contributed by atoms with Crippen molar-refractivity contribution in [2.24, 2.45) is 0 Å². The van der Waals surface area contributed by atoms with Gasteiger partial charge in [-0.15, -0.1) is 0 Å². The van der Waals surface area contributed by atoms with Crippen LogP contribution in [0.15, 0.2) is 60.9 Å². The van der Waals surface area contributed by atoms with E-state index >= 15 is 0 Å². The van der Waals surface area contributed by atoms with Crippen LogP contribution in [0, 0.1) is 0 Å². The molecule has 0 fully saturated rings. The molecule has 3 rings (SSSR count). The summed E-state index contributed by atoms with van der Waals surface area (Å²) in [6, 6.07) is 15.8. The van der Waals surface area contributed by atoms with Crippen LogP contribution in [-0.4, -0.2) is 27.7 Å². The Hall–Kier alpha value is -3.61. The number of hydrogen-bond acceptors (Lipinski definition) is 6. The van der Waals surface area contributed by atoms with E-state index in [1.807, 2.05) is 31.2 Å². The molecule has 0 amide bonds. The molecule has 0 unspecified atom stereocenters. The van der Waals surface area contributed by atoms with Crippen molar-refractivity contribution >= 4 is 29.0 Å². The predicted octanol–water partition coefficient (Wildman–Crippen LogP) is 4.06. The van der Waals surface area contributed by atoms with Crippen LogP contribution in [0.2, 0.25) is 0 Å². The summed E-state index contributed by atoms with van der Waals surface area (Å²) in [4.78, 5) is 19.5. The number of carboxylic acid groups (broad SMARTS) is 1. The topological polar surface area (TPSA) is 96.4 Å². The van der Waals surface area contributed by atoms with E-state index in [1.165, 1.54) is 12.4 Å². The number of hydrogen-bond donors (Lipinski definition) is 3. The van der Waals surface area contributed by atoms with Gasteiger partial charge in [0.15, 0.2) is 0 Å². The van der Waals surface area contributed by atoms with Crippen molar-refractivity contribution in [3.63, 3.8) is 0 Å². The minimum Gasteiger partial charge on any atom is -0.492 e. The molecule has 0 aliphatic heterocycles. The zero-order valence-corrected chi connectivity index (χ0v) is 14.1. The van der Waals surface area contributed by atoms with E-state index in [0.29, 0.717) is 23.9 Å². The Morgan fingerprint density at radius 1 is 1.04 bits per heavy atom. The number of benzene rings is 2. The fourth-order valence-corrected chi connectivity index (χ4v) is 2.36. The van der Waals surface area contributed by atoms with Gasteiger partial charge in [0.25, 0.3) is 0 Å². The molecular formula is C19H18N4O3. The number of carboxylic acids is 1. The van der Waals surface area contributed by atoms with E-state index in [2.05, 4.69) is 20.6 Å².